The van der Waals surface area contributed by atoms with Crippen LogP contribution >= 0.6 is 0 Å². The zero-order valence-electron chi connectivity index (χ0n) is 8.20. The Morgan fingerprint density at radius 2 is 2.47 bits per heavy atom. The molecule has 0 aromatic carbocycles. The highest BCUT2D eigenvalue weighted by atomic mass is 16.5. The molecule has 2 aromatic rings. The van der Waals surface area contributed by atoms with E-state index >= 15 is 0 Å². The lowest BCUT2D eigenvalue weighted by atomic mass is 10.5. The second-order valence-electron chi connectivity index (χ2n) is 2.83. The molecule has 0 amide bonds. The fraction of sp³-hybridized carbons (Fsp3) is 0.375. The quantitative estimate of drug-likeness (QED) is 0.488. The molecule has 0 fully saturated rings. The van der Waals surface area contributed by atoms with Crippen molar-refractivity contribution in [1.29, 1.82) is 0 Å². The van der Waals surface area contributed by atoms with Crippen molar-refractivity contribution in [2.45, 2.75) is 6.92 Å². The maximum Gasteiger partial charge on any atom is 0.278 e. The van der Waals surface area contributed by atoms with Crippen LogP contribution in [0.4, 0.5) is 5.95 Å². The van der Waals surface area contributed by atoms with Crippen molar-refractivity contribution in [3.63, 3.8) is 0 Å². The number of H-pyrrole nitrogens is 2. The molecular weight excluding hydrogens is 198 g/mol. The first-order chi connectivity index (χ1) is 7.31. The summed E-state index contributed by atoms with van der Waals surface area (Å²) in [5.41, 5.74) is 0.506. The summed E-state index contributed by atoms with van der Waals surface area (Å²) in [4.78, 5) is 24.7. The number of hydrogen-bond donors (Lipinski definition) is 3. The molecule has 3 N–H and O–H groups in total. The lowest BCUT2D eigenvalue weighted by Gasteiger charge is -2.03. The molecule has 0 saturated carbocycles. The van der Waals surface area contributed by atoms with E-state index < -0.39 is 0 Å². The molecule has 2 heterocycles. The van der Waals surface area contributed by atoms with Crippen LogP contribution in [-0.2, 0) is 4.74 Å². The summed E-state index contributed by atoms with van der Waals surface area (Å²) in [5.74, 6) is 0.355. The van der Waals surface area contributed by atoms with Crippen LogP contribution < -0.4 is 10.9 Å². The first-order valence-corrected chi connectivity index (χ1v) is 4.56. The molecule has 80 valence electrons. The van der Waals surface area contributed by atoms with Crippen molar-refractivity contribution in [3.8, 4) is 0 Å². The highest BCUT2D eigenvalue weighted by Crippen LogP contribution is 2.02. The van der Waals surface area contributed by atoms with Crippen LogP contribution in [0.2, 0.25) is 0 Å². The van der Waals surface area contributed by atoms with Gasteiger partial charge in [0.1, 0.15) is 6.73 Å². The Balaban J connectivity index is 2.25. The Labute approximate surface area is 84.9 Å². The third kappa shape index (κ3) is 1.96. The number of rotatable bonds is 4. The van der Waals surface area contributed by atoms with Crippen molar-refractivity contribution < 1.29 is 4.74 Å². The number of fused-ring (bicyclic) bond motifs is 1. The lowest BCUT2D eigenvalue weighted by molar-refractivity contribution is 0.166. The molecule has 7 nitrogen and oxygen atoms in total. The minimum atomic E-state index is -0.253. The largest absolute Gasteiger partial charge is 0.362 e. The van der Waals surface area contributed by atoms with E-state index in [1.807, 2.05) is 6.92 Å². The van der Waals surface area contributed by atoms with Gasteiger partial charge in [-0.05, 0) is 6.92 Å². The molecule has 0 aliphatic heterocycles. The fourth-order valence-corrected chi connectivity index (χ4v) is 1.15. The minimum absolute atomic E-state index is 0.253. The molecule has 0 aliphatic rings. The number of ether oxygens (including phenoxy) is 1. The minimum Gasteiger partial charge on any atom is -0.362 e. The third-order valence-electron chi connectivity index (χ3n) is 1.84. The van der Waals surface area contributed by atoms with Crippen LogP contribution in [0, 0.1) is 0 Å². The van der Waals surface area contributed by atoms with E-state index in [2.05, 4.69) is 25.3 Å². The number of nitrogens with zero attached hydrogens (tertiary/aromatic N) is 2. The number of anilines is 1. The number of aromatic nitrogens is 4. The van der Waals surface area contributed by atoms with Crippen molar-refractivity contribution in [2.24, 2.45) is 0 Å². The Bertz CT molecular complexity index is 503. The Morgan fingerprint density at radius 3 is 3.27 bits per heavy atom. The average Bonchev–Trinajstić information content (AvgIpc) is 2.66. The van der Waals surface area contributed by atoms with Gasteiger partial charge < -0.3 is 15.0 Å². The third-order valence-corrected chi connectivity index (χ3v) is 1.84. The summed E-state index contributed by atoms with van der Waals surface area (Å²) in [5, 5.41) is 2.83. The van der Waals surface area contributed by atoms with Crippen molar-refractivity contribution in [1.82, 2.24) is 19.9 Å². The molecule has 0 atom stereocenters. The molecule has 0 spiro atoms. The highest BCUT2D eigenvalue weighted by molar-refractivity contribution is 5.69. The predicted molar refractivity (Wildman–Crippen MR) is 54.6 cm³/mol. The van der Waals surface area contributed by atoms with Crippen LogP contribution in [0.25, 0.3) is 11.2 Å². The monoisotopic (exact) mass is 209 g/mol. The maximum atomic E-state index is 11.4. The second kappa shape index (κ2) is 4.09. The van der Waals surface area contributed by atoms with Gasteiger partial charge in [-0.2, -0.15) is 4.98 Å². The summed E-state index contributed by atoms with van der Waals surface area (Å²) < 4.78 is 5.07. The summed E-state index contributed by atoms with van der Waals surface area (Å²) in [6.45, 7) is 2.78. The van der Waals surface area contributed by atoms with E-state index in [4.69, 9.17) is 4.74 Å². The number of aromatic amines is 2. The normalized spacial score (nSPS) is 10.7. The van der Waals surface area contributed by atoms with Crippen LogP contribution in [0.1, 0.15) is 6.92 Å². The van der Waals surface area contributed by atoms with Gasteiger partial charge in [-0.25, -0.2) is 4.98 Å². The Kier molecular flexibility index (Phi) is 2.64. The van der Waals surface area contributed by atoms with Gasteiger partial charge in [0.05, 0.1) is 6.33 Å². The number of nitrogens with one attached hydrogen (secondary N) is 3. The van der Waals surface area contributed by atoms with Gasteiger partial charge in [0, 0.05) is 6.61 Å². The molecular formula is C8H11N5O2. The molecule has 2 aromatic heterocycles. The topological polar surface area (TPSA) is 95.7 Å². The number of imidazole rings is 1. The van der Waals surface area contributed by atoms with Gasteiger partial charge in [0.25, 0.3) is 5.56 Å². The molecule has 0 unspecified atom stereocenters. The highest BCUT2D eigenvalue weighted by Gasteiger charge is 2.04. The van der Waals surface area contributed by atoms with E-state index in [1.54, 1.807) is 0 Å². The molecule has 0 saturated heterocycles. The number of hydrogen-bond acceptors (Lipinski definition) is 5. The van der Waals surface area contributed by atoms with Crippen molar-refractivity contribution in [3.05, 3.63) is 16.7 Å². The molecule has 2 rings (SSSR count). The van der Waals surface area contributed by atoms with E-state index in [-0.39, 0.29) is 5.56 Å². The van der Waals surface area contributed by atoms with E-state index in [1.165, 1.54) is 6.33 Å². The fourth-order valence-electron chi connectivity index (χ4n) is 1.15. The predicted octanol–water partition coefficient (Wildman–Crippen LogP) is 0.0521. The van der Waals surface area contributed by atoms with Crippen LogP contribution in [0.3, 0.4) is 0 Å². The molecule has 0 aliphatic carbocycles. The first kappa shape index (κ1) is 9.66. The van der Waals surface area contributed by atoms with Crippen LogP contribution in [-0.4, -0.2) is 33.3 Å². The van der Waals surface area contributed by atoms with E-state index in [0.717, 1.165) is 0 Å². The SMILES string of the molecule is CCOCNc1nc2nc[nH]c2c(=O)[nH]1. The van der Waals surface area contributed by atoms with Gasteiger partial charge in [0.2, 0.25) is 5.95 Å². The summed E-state index contributed by atoms with van der Waals surface area (Å²) in [7, 11) is 0. The van der Waals surface area contributed by atoms with Crippen molar-refractivity contribution in [2.75, 3.05) is 18.7 Å². The average molecular weight is 209 g/mol. The summed E-state index contributed by atoms with van der Waals surface area (Å²) in [6.07, 6.45) is 1.43. The molecule has 7 heteroatoms. The lowest BCUT2D eigenvalue weighted by Crippen LogP contribution is -2.15. The summed E-state index contributed by atoms with van der Waals surface area (Å²) in [6, 6.07) is 0. The first-order valence-electron chi connectivity index (χ1n) is 4.56. The zero-order chi connectivity index (χ0) is 10.7. The van der Waals surface area contributed by atoms with Crippen molar-refractivity contribution >= 4 is 17.1 Å². The van der Waals surface area contributed by atoms with Gasteiger partial charge in [0.15, 0.2) is 11.2 Å². The standard InChI is InChI=1S/C8H11N5O2/c1-2-15-4-11-8-12-6-5(7(14)13-8)9-3-10-6/h3H,2,4H2,1H3,(H3,9,10,11,12,13,14). The van der Waals surface area contributed by atoms with E-state index in [0.29, 0.717) is 30.4 Å². The van der Waals surface area contributed by atoms with Gasteiger partial charge >= 0.3 is 0 Å². The van der Waals surface area contributed by atoms with E-state index in [9.17, 15) is 4.79 Å². The van der Waals surface area contributed by atoms with Crippen LogP contribution in [0.5, 0.6) is 0 Å². The molecule has 0 bridgehead atoms. The van der Waals surface area contributed by atoms with Gasteiger partial charge in [-0.1, -0.05) is 0 Å². The summed E-state index contributed by atoms with van der Waals surface area (Å²) >= 11 is 0. The second-order valence-corrected chi connectivity index (χ2v) is 2.83. The maximum absolute atomic E-state index is 11.4. The van der Waals surface area contributed by atoms with Gasteiger partial charge in [-0.15, -0.1) is 0 Å². The van der Waals surface area contributed by atoms with Gasteiger partial charge in [-0.3, -0.25) is 9.78 Å². The Hall–Kier alpha value is -1.89. The Morgan fingerprint density at radius 1 is 1.60 bits per heavy atom. The molecule has 15 heavy (non-hydrogen) atoms. The van der Waals surface area contributed by atoms with Crippen LogP contribution in [0.15, 0.2) is 11.1 Å². The smallest absolute Gasteiger partial charge is 0.278 e. The molecule has 0 radical (unpaired) electrons. The zero-order valence-corrected chi connectivity index (χ0v) is 8.20.